The third-order valence-corrected chi connectivity index (χ3v) is 1.59. The number of thiol groups is 1. The summed E-state index contributed by atoms with van der Waals surface area (Å²) >= 11 is 4.15. The van der Waals surface area contributed by atoms with Crippen molar-refractivity contribution in [3.05, 3.63) is 35.9 Å². The molecular weight excluding hydrogens is 170 g/mol. The van der Waals surface area contributed by atoms with Crippen molar-refractivity contribution in [3.63, 3.8) is 0 Å². The second kappa shape index (κ2) is 3.97. The summed E-state index contributed by atoms with van der Waals surface area (Å²) in [5.74, 6) is -0.445. The summed E-state index contributed by atoms with van der Waals surface area (Å²) in [4.78, 5) is 11.2. The highest BCUT2D eigenvalue weighted by atomic mass is 32.1. The van der Waals surface area contributed by atoms with Crippen molar-refractivity contribution in [3.8, 4) is 0 Å². The average molecular weight is 179 g/mol. The van der Waals surface area contributed by atoms with Gasteiger partial charge in [0.2, 0.25) is 5.91 Å². The molecule has 0 spiro atoms. The van der Waals surface area contributed by atoms with Gasteiger partial charge in [0, 0.05) is 11.0 Å². The van der Waals surface area contributed by atoms with Gasteiger partial charge in [-0.25, -0.2) is 0 Å². The Labute approximate surface area is 76.5 Å². The zero-order valence-electron chi connectivity index (χ0n) is 6.40. The van der Waals surface area contributed by atoms with Gasteiger partial charge in [0.15, 0.2) is 0 Å². The van der Waals surface area contributed by atoms with Gasteiger partial charge >= 0.3 is 0 Å². The van der Waals surface area contributed by atoms with E-state index in [2.05, 4.69) is 12.6 Å². The number of primary amides is 1. The molecular formula is C9H9NOS. The molecule has 2 N–H and O–H groups in total. The number of hydrogen-bond acceptors (Lipinski definition) is 2. The van der Waals surface area contributed by atoms with Crippen LogP contribution in [0.3, 0.4) is 0 Å². The van der Waals surface area contributed by atoms with E-state index in [1.165, 1.54) is 6.08 Å². The molecule has 0 atom stereocenters. The van der Waals surface area contributed by atoms with Crippen molar-refractivity contribution >= 4 is 24.6 Å². The van der Waals surface area contributed by atoms with Gasteiger partial charge in [-0.05, 0) is 23.8 Å². The molecule has 1 rings (SSSR count). The van der Waals surface area contributed by atoms with E-state index >= 15 is 0 Å². The lowest BCUT2D eigenvalue weighted by Gasteiger charge is -1.93. The standard InChI is InChI=1S/C9H9NOS/c10-9(11)5-4-7-2-1-3-8(12)6-7/h1-6,12H,(H2,10,11). The van der Waals surface area contributed by atoms with Gasteiger partial charge in [0.25, 0.3) is 0 Å². The molecule has 1 aromatic carbocycles. The minimum Gasteiger partial charge on any atom is -0.366 e. The zero-order valence-corrected chi connectivity index (χ0v) is 7.29. The van der Waals surface area contributed by atoms with Crippen molar-refractivity contribution in [2.45, 2.75) is 4.90 Å². The van der Waals surface area contributed by atoms with E-state index in [1.54, 1.807) is 6.08 Å². The maximum atomic E-state index is 10.4. The fraction of sp³-hybridized carbons (Fsp3) is 0. The van der Waals surface area contributed by atoms with Crippen LogP contribution in [0.15, 0.2) is 35.2 Å². The largest absolute Gasteiger partial charge is 0.366 e. The Morgan fingerprint density at radius 3 is 2.83 bits per heavy atom. The monoisotopic (exact) mass is 179 g/mol. The Bertz CT molecular complexity index is 320. The van der Waals surface area contributed by atoms with Crippen LogP contribution in [0.5, 0.6) is 0 Å². The predicted octanol–water partition coefficient (Wildman–Crippen LogP) is 1.47. The van der Waals surface area contributed by atoms with Gasteiger partial charge in [-0.1, -0.05) is 12.1 Å². The van der Waals surface area contributed by atoms with Crippen LogP contribution in [0.25, 0.3) is 6.08 Å². The van der Waals surface area contributed by atoms with Crippen LogP contribution < -0.4 is 5.73 Å². The summed E-state index contributed by atoms with van der Waals surface area (Å²) in [7, 11) is 0. The summed E-state index contributed by atoms with van der Waals surface area (Å²) < 4.78 is 0. The van der Waals surface area contributed by atoms with E-state index in [4.69, 9.17) is 5.73 Å². The molecule has 0 heterocycles. The predicted molar refractivity (Wildman–Crippen MR) is 51.9 cm³/mol. The third kappa shape index (κ3) is 2.80. The SMILES string of the molecule is NC(=O)C=Cc1cccc(S)c1. The smallest absolute Gasteiger partial charge is 0.241 e. The fourth-order valence-corrected chi connectivity index (χ4v) is 1.04. The molecule has 0 aliphatic rings. The van der Waals surface area contributed by atoms with E-state index in [0.717, 1.165) is 10.5 Å². The molecule has 62 valence electrons. The van der Waals surface area contributed by atoms with Crippen molar-refractivity contribution in [1.82, 2.24) is 0 Å². The van der Waals surface area contributed by atoms with Crippen LogP contribution in [-0.4, -0.2) is 5.91 Å². The fourth-order valence-electron chi connectivity index (χ4n) is 0.807. The van der Waals surface area contributed by atoms with Gasteiger partial charge in [-0.2, -0.15) is 0 Å². The quantitative estimate of drug-likeness (QED) is 0.524. The van der Waals surface area contributed by atoms with Crippen LogP contribution >= 0.6 is 12.6 Å². The van der Waals surface area contributed by atoms with E-state index < -0.39 is 5.91 Å². The first kappa shape index (κ1) is 8.87. The molecule has 0 bridgehead atoms. The first-order valence-electron chi connectivity index (χ1n) is 3.45. The molecule has 0 saturated heterocycles. The first-order chi connectivity index (χ1) is 5.68. The van der Waals surface area contributed by atoms with Gasteiger partial charge in [-0.15, -0.1) is 12.6 Å². The topological polar surface area (TPSA) is 43.1 Å². The van der Waals surface area contributed by atoms with Crippen LogP contribution in [0.1, 0.15) is 5.56 Å². The van der Waals surface area contributed by atoms with Gasteiger partial charge in [0.1, 0.15) is 0 Å². The van der Waals surface area contributed by atoms with Gasteiger partial charge in [-0.3, -0.25) is 4.79 Å². The van der Waals surface area contributed by atoms with E-state index in [-0.39, 0.29) is 0 Å². The van der Waals surface area contributed by atoms with Crippen LogP contribution in [-0.2, 0) is 4.79 Å². The highest BCUT2D eigenvalue weighted by molar-refractivity contribution is 7.80. The second-order valence-electron chi connectivity index (χ2n) is 2.33. The van der Waals surface area contributed by atoms with Crippen molar-refractivity contribution in [2.24, 2.45) is 5.73 Å². The molecule has 1 amide bonds. The minimum atomic E-state index is -0.445. The van der Waals surface area contributed by atoms with Crippen molar-refractivity contribution in [1.29, 1.82) is 0 Å². The third-order valence-electron chi connectivity index (χ3n) is 1.31. The Morgan fingerprint density at radius 2 is 2.25 bits per heavy atom. The van der Waals surface area contributed by atoms with Gasteiger partial charge < -0.3 is 5.73 Å². The lowest BCUT2D eigenvalue weighted by atomic mass is 10.2. The molecule has 0 aliphatic heterocycles. The van der Waals surface area contributed by atoms with Crippen molar-refractivity contribution in [2.75, 3.05) is 0 Å². The number of amides is 1. The summed E-state index contributed by atoms with van der Waals surface area (Å²) in [6, 6.07) is 7.45. The Morgan fingerprint density at radius 1 is 1.50 bits per heavy atom. The molecule has 0 fully saturated rings. The highest BCUT2D eigenvalue weighted by Gasteiger charge is 1.88. The Hall–Kier alpha value is -1.22. The first-order valence-corrected chi connectivity index (χ1v) is 3.90. The number of carbonyl (C=O) groups excluding carboxylic acids is 1. The number of rotatable bonds is 2. The van der Waals surface area contributed by atoms with Crippen LogP contribution in [0.4, 0.5) is 0 Å². The van der Waals surface area contributed by atoms with E-state index in [9.17, 15) is 4.79 Å². The normalized spacial score (nSPS) is 10.4. The lowest BCUT2D eigenvalue weighted by molar-refractivity contribution is -0.113. The van der Waals surface area contributed by atoms with Crippen LogP contribution in [0, 0.1) is 0 Å². The number of hydrogen-bond donors (Lipinski definition) is 2. The number of benzene rings is 1. The minimum absolute atomic E-state index is 0.445. The summed E-state index contributed by atoms with van der Waals surface area (Å²) in [6.45, 7) is 0. The second-order valence-corrected chi connectivity index (χ2v) is 2.85. The molecule has 0 aromatic heterocycles. The molecule has 2 nitrogen and oxygen atoms in total. The molecule has 0 radical (unpaired) electrons. The van der Waals surface area contributed by atoms with Gasteiger partial charge in [0.05, 0.1) is 0 Å². The van der Waals surface area contributed by atoms with Crippen molar-refractivity contribution < 1.29 is 4.79 Å². The Kier molecular flexibility index (Phi) is 2.94. The zero-order chi connectivity index (χ0) is 8.97. The summed E-state index contributed by atoms with van der Waals surface area (Å²) in [5.41, 5.74) is 5.85. The average Bonchev–Trinajstić information content (AvgIpc) is 2.01. The lowest BCUT2D eigenvalue weighted by Crippen LogP contribution is -2.04. The summed E-state index contributed by atoms with van der Waals surface area (Å²) in [5, 5.41) is 0. The van der Waals surface area contributed by atoms with E-state index in [1.807, 2.05) is 24.3 Å². The molecule has 1 aromatic rings. The highest BCUT2D eigenvalue weighted by Crippen LogP contribution is 2.09. The summed E-state index contributed by atoms with van der Waals surface area (Å²) in [6.07, 6.45) is 2.98. The Balaban J connectivity index is 2.83. The number of nitrogens with two attached hydrogens (primary N) is 1. The molecule has 0 saturated carbocycles. The molecule has 0 aliphatic carbocycles. The van der Waals surface area contributed by atoms with E-state index in [0.29, 0.717) is 0 Å². The number of carbonyl (C=O) groups is 1. The maximum Gasteiger partial charge on any atom is 0.241 e. The maximum absolute atomic E-state index is 10.4. The van der Waals surface area contributed by atoms with Crippen LogP contribution in [0.2, 0.25) is 0 Å². The molecule has 0 unspecified atom stereocenters. The molecule has 3 heteroatoms. The molecule has 12 heavy (non-hydrogen) atoms.